The number of aryl methyl sites for hydroxylation is 1. The van der Waals surface area contributed by atoms with Crippen LogP contribution in [0, 0.1) is 12.8 Å². The lowest BCUT2D eigenvalue weighted by molar-refractivity contribution is -0.143. The maximum atomic E-state index is 13.7. The Bertz CT molecular complexity index is 1010. The van der Waals surface area contributed by atoms with Gasteiger partial charge in [-0.2, -0.15) is 16.1 Å². The number of hydrogen-bond acceptors (Lipinski definition) is 5. The molecule has 1 heterocycles. The minimum atomic E-state index is -3.89. The van der Waals surface area contributed by atoms with Crippen molar-refractivity contribution in [1.29, 1.82) is 0 Å². The van der Waals surface area contributed by atoms with Crippen LogP contribution in [0.5, 0.6) is 5.75 Å². The number of methoxy groups -OCH3 is 1. The molecule has 2 aromatic carbocycles. The van der Waals surface area contributed by atoms with Crippen LogP contribution in [0.3, 0.4) is 0 Å². The maximum absolute atomic E-state index is 13.7. The van der Waals surface area contributed by atoms with Gasteiger partial charge in [-0.25, -0.2) is 8.42 Å². The van der Waals surface area contributed by atoms with Crippen LogP contribution >= 0.6 is 11.8 Å². The second-order valence-corrected chi connectivity index (χ2v) is 10.9. The Morgan fingerprint density at radius 2 is 1.87 bits per heavy atom. The monoisotopic (exact) mass is 463 g/mol. The average molecular weight is 464 g/mol. The molecule has 31 heavy (non-hydrogen) atoms. The van der Waals surface area contributed by atoms with Crippen molar-refractivity contribution in [2.75, 3.05) is 19.4 Å². The van der Waals surface area contributed by atoms with Crippen molar-refractivity contribution in [3.8, 4) is 5.75 Å². The largest absolute Gasteiger partial charge is 0.497 e. The molecule has 1 saturated heterocycles. The molecule has 2 aromatic rings. The highest BCUT2D eigenvalue weighted by Gasteiger charge is 2.45. The van der Waals surface area contributed by atoms with Gasteiger partial charge in [-0.15, -0.1) is 0 Å². The number of nitrogens with zero attached hydrogens (tertiary/aromatic N) is 1. The van der Waals surface area contributed by atoms with Crippen molar-refractivity contribution in [3.63, 3.8) is 0 Å². The number of benzene rings is 2. The van der Waals surface area contributed by atoms with Crippen LogP contribution in [0.25, 0.3) is 0 Å². The smallest absolute Gasteiger partial charge is 0.308 e. The van der Waals surface area contributed by atoms with E-state index in [9.17, 15) is 18.3 Å². The highest BCUT2D eigenvalue weighted by molar-refractivity contribution is 7.99. The number of rotatable bonds is 8. The first-order valence-electron chi connectivity index (χ1n) is 10.4. The average Bonchev–Trinajstić information content (AvgIpc) is 2.77. The summed E-state index contributed by atoms with van der Waals surface area (Å²) in [5.74, 6) is -0.182. The highest BCUT2D eigenvalue weighted by Crippen LogP contribution is 2.42. The number of hydrogen-bond donors (Lipinski definition) is 1. The molecule has 1 aliphatic heterocycles. The number of carbonyl (C=O) groups is 1. The summed E-state index contributed by atoms with van der Waals surface area (Å²) in [6.45, 7) is 3.76. The van der Waals surface area contributed by atoms with Crippen LogP contribution in [0.1, 0.15) is 36.9 Å². The summed E-state index contributed by atoms with van der Waals surface area (Å²) in [6.07, 6.45) is 1.38. The zero-order valence-corrected chi connectivity index (χ0v) is 19.7. The Labute approximate surface area is 188 Å². The van der Waals surface area contributed by atoms with Crippen LogP contribution in [0.4, 0.5) is 0 Å². The van der Waals surface area contributed by atoms with Crippen LogP contribution in [-0.2, 0) is 14.8 Å². The maximum Gasteiger partial charge on any atom is 0.308 e. The van der Waals surface area contributed by atoms with E-state index < -0.39 is 28.0 Å². The van der Waals surface area contributed by atoms with Crippen molar-refractivity contribution in [1.82, 2.24) is 4.31 Å². The third-order valence-electron chi connectivity index (χ3n) is 5.66. The fourth-order valence-electron chi connectivity index (χ4n) is 4.00. The van der Waals surface area contributed by atoms with Crippen LogP contribution in [0.2, 0.25) is 0 Å². The summed E-state index contributed by atoms with van der Waals surface area (Å²) in [4.78, 5) is 12.3. The molecule has 3 atom stereocenters. The normalized spacial score (nSPS) is 22.2. The molecule has 0 amide bonds. The zero-order chi connectivity index (χ0) is 22.6. The predicted octanol–water partition coefficient (Wildman–Crippen LogP) is 4.35. The van der Waals surface area contributed by atoms with Crippen LogP contribution < -0.4 is 4.74 Å². The molecular weight excluding hydrogens is 434 g/mol. The molecule has 1 fully saturated rings. The summed E-state index contributed by atoms with van der Waals surface area (Å²) < 4.78 is 34.0. The van der Waals surface area contributed by atoms with Gasteiger partial charge in [0.1, 0.15) is 5.75 Å². The van der Waals surface area contributed by atoms with Gasteiger partial charge in [0.25, 0.3) is 0 Å². The Morgan fingerprint density at radius 3 is 2.45 bits per heavy atom. The second-order valence-electron chi connectivity index (χ2n) is 7.72. The summed E-state index contributed by atoms with van der Waals surface area (Å²) in [7, 11) is -2.30. The topological polar surface area (TPSA) is 83.9 Å². The fourth-order valence-corrected chi connectivity index (χ4v) is 7.17. The molecule has 0 radical (unpaired) electrons. The predicted molar refractivity (Wildman–Crippen MR) is 123 cm³/mol. The lowest BCUT2D eigenvalue weighted by atomic mass is 9.90. The molecule has 0 spiro atoms. The van der Waals surface area contributed by atoms with E-state index in [2.05, 4.69) is 6.92 Å². The van der Waals surface area contributed by atoms with Crippen molar-refractivity contribution < 1.29 is 23.1 Å². The standard InChI is InChI=1S/C23H29NO5S2/c1-4-13-30-21-14-20(17-9-11-18(29-3)12-10-17)24(15-19(21)23(25)26)31(27,28)22-8-6-5-7-16(22)2/h5-12,19-21H,4,13-15H2,1-3H3,(H,25,26)/t19-,20+,21-/m1/s1. The second kappa shape index (κ2) is 10.1. The van der Waals surface area contributed by atoms with Gasteiger partial charge in [-0.05, 0) is 54.8 Å². The first kappa shape index (κ1) is 23.6. The van der Waals surface area contributed by atoms with E-state index in [0.717, 1.165) is 17.7 Å². The number of ether oxygens (including phenoxy) is 1. The molecule has 8 heteroatoms. The van der Waals surface area contributed by atoms with Gasteiger partial charge in [-0.3, -0.25) is 4.79 Å². The SMILES string of the molecule is CCCS[C@@H]1C[C@@H](c2ccc(OC)cc2)N(S(=O)(=O)c2ccccc2C)C[C@H]1C(=O)O. The summed E-state index contributed by atoms with van der Waals surface area (Å²) in [5.41, 5.74) is 1.48. The van der Waals surface area contributed by atoms with Crippen molar-refractivity contribution in [2.45, 2.75) is 42.9 Å². The van der Waals surface area contributed by atoms with Gasteiger partial charge in [0.2, 0.25) is 10.0 Å². The molecule has 168 valence electrons. The molecular formula is C23H29NO5S2. The first-order chi connectivity index (χ1) is 14.8. The minimum absolute atomic E-state index is 0.0515. The first-order valence-corrected chi connectivity index (χ1v) is 12.8. The third-order valence-corrected chi connectivity index (χ3v) is 9.29. The van der Waals surface area contributed by atoms with Gasteiger partial charge >= 0.3 is 5.97 Å². The van der Waals surface area contributed by atoms with E-state index in [0.29, 0.717) is 17.7 Å². The molecule has 0 aromatic heterocycles. The molecule has 0 saturated carbocycles. The summed E-state index contributed by atoms with van der Waals surface area (Å²) in [5, 5.41) is 9.73. The zero-order valence-electron chi connectivity index (χ0n) is 18.0. The van der Waals surface area contributed by atoms with Crippen LogP contribution in [0.15, 0.2) is 53.4 Å². The van der Waals surface area contributed by atoms with Crippen molar-refractivity contribution in [2.24, 2.45) is 5.92 Å². The van der Waals surface area contributed by atoms with E-state index in [1.165, 1.54) is 4.31 Å². The number of carboxylic acid groups (broad SMARTS) is 1. The minimum Gasteiger partial charge on any atom is -0.497 e. The van der Waals surface area contributed by atoms with Crippen LogP contribution in [-0.4, -0.2) is 48.5 Å². The van der Waals surface area contributed by atoms with Gasteiger partial charge in [-0.1, -0.05) is 37.3 Å². The molecule has 1 aliphatic rings. The van der Waals surface area contributed by atoms with E-state index in [1.807, 2.05) is 24.3 Å². The third kappa shape index (κ3) is 5.07. The van der Waals surface area contributed by atoms with Crippen molar-refractivity contribution in [3.05, 3.63) is 59.7 Å². The van der Waals surface area contributed by atoms with Gasteiger partial charge in [0, 0.05) is 11.8 Å². The van der Waals surface area contributed by atoms with E-state index in [-0.39, 0.29) is 16.7 Å². The number of piperidine rings is 1. The molecule has 0 aliphatic carbocycles. The molecule has 0 unspecified atom stereocenters. The summed E-state index contributed by atoms with van der Waals surface area (Å²) >= 11 is 1.62. The number of carboxylic acids is 1. The van der Waals surface area contributed by atoms with Crippen molar-refractivity contribution >= 4 is 27.8 Å². The molecule has 6 nitrogen and oxygen atoms in total. The highest BCUT2D eigenvalue weighted by atomic mass is 32.2. The molecule has 3 rings (SSSR count). The number of aliphatic carboxylic acids is 1. The lowest BCUT2D eigenvalue weighted by Gasteiger charge is -2.42. The molecule has 1 N–H and O–H groups in total. The van der Waals surface area contributed by atoms with E-state index in [4.69, 9.17) is 4.74 Å². The van der Waals surface area contributed by atoms with Gasteiger partial charge in [0.05, 0.1) is 24.0 Å². The quantitative estimate of drug-likeness (QED) is 0.627. The van der Waals surface area contributed by atoms with Gasteiger partial charge < -0.3 is 9.84 Å². The lowest BCUT2D eigenvalue weighted by Crippen LogP contribution is -2.49. The fraction of sp³-hybridized carbons (Fsp3) is 0.435. The number of thioether (sulfide) groups is 1. The summed E-state index contributed by atoms with van der Waals surface area (Å²) in [6, 6.07) is 13.7. The Kier molecular flexibility index (Phi) is 7.67. The number of sulfonamides is 1. The molecule has 0 bridgehead atoms. The van der Waals surface area contributed by atoms with E-state index >= 15 is 0 Å². The Hall–Kier alpha value is -2.03. The Balaban J connectivity index is 2.07. The van der Waals surface area contributed by atoms with Gasteiger partial charge in [0.15, 0.2) is 0 Å². The van der Waals surface area contributed by atoms with E-state index in [1.54, 1.807) is 50.1 Å². The Morgan fingerprint density at radius 1 is 1.19 bits per heavy atom.